The van der Waals surface area contributed by atoms with Crippen LogP contribution in [0.5, 0.6) is 0 Å². The smallest absolute Gasteiger partial charge is 0.354 e. The summed E-state index contributed by atoms with van der Waals surface area (Å²) in [5, 5.41) is 8.89. The van der Waals surface area contributed by atoms with Crippen LogP contribution in [0, 0.1) is 11.3 Å². The van der Waals surface area contributed by atoms with Crippen molar-refractivity contribution >= 4 is 5.69 Å². The monoisotopic (exact) mass is 290 g/mol. The third-order valence-corrected chi connectivity index (χ3v) is 3.04. The number of hydrogen-bond acceptors (Lipinski definition) is 2. The first-order chi connectivity index (χ1) is 10.0. The molecule has 0 amide bonds. The third kappa shape index (κ3) is 3.99. The van der Waals surface area contributed by atoms with Gasteiger partial charge in [0.15, 0.2) is 0 Å². The Morgan fingerprint density at radius 1 is 0.952 bits per heavy atom. The van der Waals surface area contributed by atoms with E-state index >= 15 is 0 Å². The van der Waals surface area contributed by atoms with Crippen molar-refractivity contribution in [3.05, 3.63) is 65.7 Å². The van der Waals surface area contributed by atoms with Crippen LogP contribution in [0.2, 0.25) is 0 Å². The molecule has 0 saturated heterocycles. The first-order valence-corrected chi connectivity index (χ1v) is 6.34. The molecule has 0 unspecified atom stereocenters. The van der Waals surface area contributed by atoms with Gasteiger partial charge in [-0.25, -0.2) is 0 Å². The van der Waals surface area contributed by atoms with Crippen LogP contribution in [-0.2, 0) is 12.7 Å². The van der Waals surface area contributed by atoms with Gasteiger partial charge in [0.05, 0.1) is 11.6 Å². The minimum atomic E-state index is -4.35. The van der Waals surface area contributed by atoms with E-state index in [9.17, 15) is 13.2 Å². The fourth-order valence-electron chi connectivity index (χ4n) is 1.99. The third-order valence-electron chi connectivity index (χ3n) is 3.04. The van der Waals surface area contributed by atoms with E-state index in [-0.39, 0.29) is 6.54 Å². The number of alkyl halides is 3. The molecule has 0 fully saturated rings. The lowest BCUT2D eigenvalue weighted by molar-refractivity contribution is -0.137. The quantitative estimate of drug-likeness (QED) is 0.788. The summed E-state index contributed by atoms with van der Waals surface area (Å²) in [5.74, 6) is 0. The Balaban J connectivity index is 2.21. The highest BCUT2D eigenvalue weighted by Crippen LogP contribution is 2.30. The molecule has 0 aliphatic carbocycles. The van der Waals surface area contributed by atoms with Crippen LogP contribution in [0.1, 0.15) is 11.1 Å². The number of hydrogen-bond donors (Lipinski definition) is 0. The summed E-state index contributed by atoms with van der Waals surface area (Å²) in [5.41, 5.74) is 0.893. The molecule has 0 N–H and O–H groups in total. The van der Waals surface area contributed by atoms with Crippen molar-refractivity contribution in [3.8, 4) is 6.07 Å². The van der Waals surface area contributed by atoms with E-state index in [0.29, 0.717) is 12.2 Å². The topological polar surface area (TPSA) is 27.0 Å². The van der Waals surface area contributed by atoms with Crippen LogP contribution >= 0.6 is 0 Å². The van der Waals surface area contributed by atoms with Crippen LogP contribution in [0.25, 0.3) is 0 Å². The fraction of sp³-hybridized carbons (Fsp3) is 0.188. The molecule has 0 aliphatic heterocycles. The maximum absolute atomic E-state index is 12.5. The van der Waals surface area contributed by atoms with Gasteiger partial charge in [-0.2, -0.15) is 18.4 Å². The van der Waals surface area contributed by atoms with Gasteiger partial charge in [-0.3, -0.25) is 0 Å². The average molecular weight is 290 g/mol. The van der Waals surface area contributed by atoms with Crippen molar-refractivity contribution in [2.45, 2.75) is 12.7 Å². The first-order valence-electron chi connectivity index (χ1n) is 6.34. The summed E-state index contributed by atoms with van der Waals surface area (Å²) in [4.78, 5) is 1.73. The van der Waals surface area contributed by atoms with Crippen LogP contribution in [0.4, 0.5) is 18.9 Å². The predicted octanol–water partition coefficient (Wildman–Crippen LogP) is 4.24. The molecule has 0 spiro atoms. The Bertz CT molecular complexity index is 613. The minimum absolute atomic E-state index is 0.111. The molecule has 21 heavy (non-hydrogen) atoms. The zero-order valence-corrected chi connectivity index (χ0v) is 11.1. The van der Waals surface area contributed by atoms with E-state index < -0.39 is 11.7 Å². The number of benzene rings is 2. The lowest BCUT2D eigenvalue weighted by atomic mass is 10.1. The number of nitriles is 1. The Labute approximate surface area is 121 Å². The van der Waals surface area contributed by atoms with Gasteiger partial charge in [0.1, 0.15) is 6.54 Å². The van der Waals surface area contributed by atoms with Gasteiger partial charge >= 0.3 is 6.18 Å². The van der Waals surface area contributed by atoms with Crippen molar-refractivity contribution < 1.29 is 13.2 Å². The van der Waals surface area contributed by atoms with Crippen LogP contribution in [0.3, 0.4) is 0 Å². The second-order valence-electron chi connectivity index (χ2n) is 4.54. The van der Waals surface area contributed by atoms with Crippen molar-refractivity contribution in [1.82, 2.24) is 0 Å². The maximum Gasteiger partial charge on any atom is 0.416 e. The van der Waals surface area contributed by atoms with Crippen molar-refractivity contribution in [2.75, 3.05) is 11.4 Å². The van der Waals surface area contributed by atoms with E-state index in [4.69, 9.17) is 5.26 Å². The Morgan fingerprint density at radius 2 is 1.57 bits per heavy atom. The van der Waals surface area contributed by atoms with E-state index in [0.717, 1.165) is 17.7 Å². The second kappa shape index (κ2) is 6.31. The van der Waals surface area contributed by atoms with Crippen LogP contribution in [-0.4, -0.2) is 6.54 Å². The van der Waals surface area contributed by atoms with Gasteiger partial charge in [0.25, 0.3) is 0 Å². The summed E-state index contributed by atoms with van der Waals surface area (Å²) < 4.78 is 37.6. The molecule has 0 radical (unpaired) electrons. The molecule has 2 rings (SSSR count). The van der Waals surface area contributed by atoms with E-state index in [1.165, 1.54) is 12.1 Å². The zero-order chi connectivity index (χ0) is 15.3. The highest BCUT2D eigenvalue weighted by molar-refractivity contribution is 5.49. The first kappa shape index (κ1) is 14.9. The summed E-state index contributed by atoms with van der Waals surface area (Å²) in [7, 11) is 0. The van der Waals surface area contributed by atoms with Crippen LogP contribution in [0.15, 0.2) is 54.6 Å². The maximum atomic E-state index is 12.5. The number of nitrogens with zero attached hydrogens (tertiary/aromatic N) is 2. The summed E-state index contributed by atoms with van der Waals surface area (Å²) >= 11 is 0. The van der Waals surface area contributed by atoms with Crippen molar-refractivity contribution in [3.63, 3.8) is 0 Å². The molecule has 2 aromatic rings. The van der Waals surface area contributed by atoms with E-state index in [1.807, 2.05) is 36.4 Å². The summed E-state index contributed by atoms with van der Waals surface area (Å²) in [6.45, 7) is 0.583. The fourth-order valence-corrected chi connectivity index (χ4v) is 1.99. The predicted molar refractivity (Wildman–Crippen MR) is 74.5 cm³/mol. The minimum Gasteiger partial charge on any atom is -0.354 e. The van der Waals surface area contributed by atoms with Gasteiger partial charge in [0, 0.05) is 12.2 Å². The molecular weight excluding hydrogens is 277 g/mol. The number of anilines is 1. The molecule has 0 heterocycles. The highest BCUT2D eigenvalue weighted by Gasteiger charge is 2.30. The Hall–Kier alpha value is -2.48. The lowest BCUT2D eigenvalue weighted by Gasteiger charge is -2.22. The Kier molecular flexibility index (Phi) is 4.49. The van der Waals surface area contributed by atoms with E-state index in [1.54, 1.807) is 4.90 Å². The number of rotatable bonds is 4. The summed E-state index contributed by atoms with van der Waals surface area (Å²) in [6, 6.07) is 16.4. The molecule has 0 saturated carbocycles. The van der Waals surface area contributed by atoms with Gasteiger partial charge in [-0.15, -0.1) is 0 Å². The average Bonchev–Trinajstić information content (AvgIpc) is 2.47. The summed E-state index contributed by atoms with van der Waals surface area (Å²) in [6.07, 6.45) is -4.35. The molecule has 0 atom stereocenters. The highest BCUT2D eigenvalue weighted by atomic mass is 19.4. The number of halogens is 3. The van der Waals surface area contributed by atoms with Gasteiger partial charge < -0.3 is 4.90 Å². The van der Waals surface area contributed by atoms with Crippen LogP contribution < -0.4 is 4.90 Å². The molecule has 5 heteroatoms. The largest absolute Gasteiger partial charge is 0.416 e. The standard InChI is InChI=1S/C16H13F3N2/c17-16(18,19)14-6-8-15(9-7-14)21(11-10-20)12-13-4-2-1-3-5-13/h1-9H,11-12H2. The van der Waals surface area contributed by atoms with E-state index in [2.05, 4.69) is 0 Å². The second-order valence-corrected chi connectivity index (χ2v) is 4.54. The molecule has 0 bridgehead atoms. The zero-order valence-electron chi connectivity index (χ0n) is 11.1. The lowest BCUT2D eigenvalue weighted by Crippen LogP contribution is -2.23. The van der Waals surface area contributed by atoms with Gasteiger partial charge in [0.2, 0.25) is 0 Å². The van der Waals surface area contributed by atoms with Gasteiger partial charge in [-0.1, -0.05) is 30.3 Å². The SMILES string of the molecule is N#CCN(Cc1ccccc1)c1ccc(C(F)(F)F)cc1. The normalized spacial score (nSPS) is 11.0. The molecule has 108 valence electrons. The molecule has 0 aliphatic rings. The molecule has 0 aromatic heterocycles. The van der Waals surface area contributed by atoms with Gasteiger partial charge in [-0.05, 0) is 29.8 Å². The molecular formula is C16H13F3N2. The van der Waals surface area contributed by atoms with Crippen molar-refractivity contribution in [2.24, 2.45) is 0 Å². The molecule has 2 aromatic carbocycles. The Morgan fingerprint density at radius 3 is 2.10 bits per heavy atom. The molecule has 2 nitrogen and oxygen atoms in total. The van der Waals surface area contributed by atoms with Crippen molar-refractivity contribution in [1.29, 1.82) is 5.26 Å².